The van der Waals surface area contributed by atoms with Crippen LogP contribution in [0.2, 0.25) is 0 Å². The minimum absolute atomic E-state index is 0.00785. The van der Waals surface area contributed by atoms with Crippen molar-refractivity contribution in [3.63, 3.8) is 0 Å². The second-order valence-electron chi connectivity index (χ2n) is 3.25. The van der Waals surface area contributed by atoms with Gasteiger partial charge in [-0.2, -0.15) is 0 Å². The van der Waals surface area contributed by atoms with Crippen molar-refractivity contribution in [2.45, 2.75) is 12.5 Å². The van der Waals surface area contributed by atoms with Gasteiger partial charge in [0.1, 0.15) is 0 Å². The van der Waals surface area contributed by atoms with Crippen molar-refractivity contribution >= 4 is 22.7 Å². The first kappa shape index (κ1) is 10.8. The molecular formula is C10H12N2OS2. The largest absolute Gasteiger partial charge is 0.395 e. The molecule has 1 unspecified atom stereocenters. The van der Waals surface area contributed by atoms with Crippen LogP contribution < -0.4 is 5.73 Å². The molecule has 2 aromatic rings. The van der Waals surface area contributed by atoms with Gasteiger partial charge in [0.05, 0.1) is 22.2 Å². The Balaban J connectivity index is 2.11. The van der Waals surface area contributed by atoms with E-state index in [1.165, 1.54) is 4.88 Å². The van der Waals surface area contributed by atoms with Crippen LogP contribution in [-0.2, 0) is 6.42 Å². The first-order chi connectivity index (χ1) is 7.29. The third-order valence-corrected chi connectivity index (χ3v) is 3.76. The highest BCUT2D eigenvalue weighted by Gasteiger charge is 2.08. The Morgan fingerprint density at radius 3 is 3.00 bits per heavy atom. The molecule has 0 amide bonds. The lowest BCUT2D eigenvalue weighted by Crippen LogP contribution is -2.26. The van der Waals surface area contributed by atoms with Crippen LogP contribution in [0.15, 0.2) is 22.9 Å². The Kier molecular flexibility index (Phi) is 3.48. The van der Waals surface area contributed by atoms with Crippen LogP contribution in [0.1, 0.15) is 5.01 Å². The van der Waals surface area contributed by atoms with E-state index in [2.05, 4.69) is 11.1 Å². The van der Waals surface area contributed by atoms with Crippen molar-refractivity contribution in [2.24, 2.45) is 5.73 Å². The van der Waals surface area contributed by atoms with Crippen molar-refractivity contribution in [2.75, 3.05) is 6.61 Å². The van der Waals surface area contributed by atoms with Crippen LogP contribution in [0, 0.1) is 0 Å². The van der Waals surface area contributed by atoms with Crippen LogP contribution in [0.3, 0.4) is 0 Å². The number of nitrogens with two attached hydrogens (primary N) is 1. The molecule has 0 aliphatic carbocycles. The molecule has 0 fully saturated rings. The molecule has 80 valence electrons. The van der Waals surface area contributed by atoms with E-state index < -0.39 is 0 Å². The Hall–Kier alpha value is -0.750. The fourth-order valence-electron chi connectivity index (χ4n) is 1.23. The van der Waals surface area contributed by atoms with Crippen molar-refractivity contribution < 1.29 is 5.11 Å². The standard InChI is InChI=1S/C10H12N2OS2/c11-7(5-13)4-10-12-8(6-15-10)9-2-1-3-14-9/h1-3,6-7,13H,4-5,11H2. The number of rotatable bonds is 4. The summed E-state index contributed by atoms with van der Waals surface area (Å²) in [5, 5.41) is 13.9. The number of nitrogens with zero attached hydrogens (tertiary/aromatic N) is 1. The van der Waals surface area contributed by atoms with E-state index in [0.29, 0.717) is 6.42 Å². The molecule has 3 N–H and O–H groups in total. The van der Waals surface area contributed by atoms with Gasteiger partial charge in [-0.3, -0.25) is 0 Å². The fourth-order valence-corrected chi connectivity index (χ4v) is 2.88. The van der Waals surface area contributed by atoms with Gasteiger partial charge in [-0.05, 0) is 11.4 Å². The van der Waals surface area contributed by atoms with Gasteiger partial charge < -0.3 is 10.8 Å². The Morgan fingerprint density at radius 1 is 1.47 bits per heavy atom. The summed E-state index contributed by atoms with van der Waals surface area (Å²) in [6.07, 6.45) is 0.645. The third-order valence-electron chi connectivity index (χ3n) is 2.00. The summed E-state index contributed by atoms with van der Waals surface area (Å²) in [6.45, 7) is 0.00785. The van der Waals surface area contributed by atoms with Crippen LogP contribution in [0.5, 0.6) is 0 Å². The molecule has 0 aliphatic rings. The summed E-state index contributed by atoms with van der Waals surface area (Å²) in [4.78, 5) is 5.65. The number of hydrogen-bond donors (Lipinski definition) is 2. The molecule has 2 heterocycles. The second kappa shape index (κ2) is 4.85. The highest BCUT2D eigenvalue weighted by Crippen LogP contribution is 2.26. The lowest BCUT2D eigenvalue weighted by molar-refractivity contribution is 0.265. The van der Waals surface area contributed by atoms with E-state index in [-0.39, 0.29) is 12.6 Å². The van der Waals surface area contributed by atoms with Crippen LogP contribution >= 0.6 is 22.7 Å². The summed E-state index contributed by atoms with van der Waals surface area (Å²) in [6, 6.07) is 3.86. The molecule has 0 aliphatic heterocycles. The molecule has 0 saturated heterocycles. The zero-order chi connectivity index (χ0) is 10.7. The number of aromatic nitrogens is 1. The maximum atomic E-state index is 8.84. The van der Waals surface area contributed by atoms with Gasteiger partial charge in [-0.25, -0.2) is 4.98 Å². The minimum Gasteiger partial charge on any atom is -0.395 e. The molecule has 0 radical (unpaired) electrons. The number of aliphatic hydroxyl groups excluding tert-OH is 1. The highest BCUT2D eigenvalue weighted by molar-refractivity contribution is 7.14. The van der Waals surface area contributed by atoms with E-state index in [1.807, 2.05) is 16.8 Å². The molecule has 0 aromatic carbocycles. The van der Waals surface area contributed by atoms with Crippen LogP contribution in [0.4, 0.5) is 0 Å². The minimum atomic E-state index is -0.202. The Labute approximate surface area is 96.2 Å². The molecule has 0 saturated carbocycles. The maximum absolute atomic E-state index is 8.84. The summed E-state index contributed by atoms with van der Waals surface area (Å²) in [5.74, 6) is 0. The van der Waals surface area contributed by atoms with E-state index in [4.69, 9.17) is 10.8 Å². The predicted molar refractivity (Wildman–Crippen MR) is 64.2 cm³/mol. The van der Waals surface area contributed by atoms with Crippen molar-refractivity contribution in [1.29, 1.82) is 0 Å². The summed E-state index contributed by atoms with van der Waals surface area (Å²) >= 11 is 3.27. The first-order valence-electron chi connectivity index (χ1n) is 4.64. The average Bonchev–Trinajstić information content (AvgIpc) is 2.85. The topological polar surface area (TPSA) is 59.1 Å². The van der Waals surface area contributed by atoms with Crippen LogP contribution in [-0.4, -0.2) is 22.7 Å². The lowest BCUT2D eigenvalue weighted by atomic mass is 10.2. The monoisotopic (exact) mass is 240 g/mol. The maximum Gasteiger partial charge on any atom is 0.0949 e. The second-order valence-corrected chi connectivity index (χ2v) is 5.14. The van der Waals surface area contributed by atoms with Gasteiger partial charge in [0.25, 0.3) is 0 Å². The van der Waals surface area contributed by atoms with Crippen LogP contribution in [0.25, 0.3) is 10.6 Å². The normalized spacial score (nSPS) is 12.9. The molecule has 0 bridgehead atoms. The highest BCUT2D eigenvalue weighted by atomic mass is 32.1. The van der Waals surface area contributed by atoms with Crippen molar-refractivity contribution in [3.05, 3.63) is 27.9 Å². The number of thiazole rings is 1. The average molecular weight is 240 g/mol. The van der Waals surface area contributed by atoms with Gasteiger partial charge in [-0.15, -0.1) is 22.7 Å². The zero-order valence-electron chi connectivity index (χ0n) is 8.09. The van der Waals surface area contributed by atoms with Gasteiger partial charge in [-0.1, -0.05) is 6.07 Å². The molecule has 2 aromatic heterocycles. The SMILES string of the molecule is NC(CO)Cc1nc(-c2cccs2)cs1. The lowest BCUT2D eigenvalue weighted by Gasteiger charge is -2.03. The Morgan fingerprint density at radius 2 is 2.33 bits per heavy atom. The molecule has 15 heavy (non-hydrogen) atoms. The smallest absolute Gasteiger partial charge is 0.0949 e. The summed E-state index contributed by atoms with van der Waals surface area (Å²) in [5.41, 5.74) is 6.66. The zero-order valence-corrected chi connectivity index (χ0v) is 9.72. The van der Waals surface area contributed by atoms with Crippen molar-refractivity contribution in [3.8, 4) is 10.6 Å². The van der Waals surface area contributed by atoms with E-state index in [9.17, 15) is 0 Å². The quantitative estimate of drug-likeness (QED) is 0.855. The fraction of sp³-hybridized carbons (Fsp3) is 0.300. The summed E-state index contributed by atoms with van der Waals surface area (Å²) in [7, 11) is 0. The first-order valence-corrected chi connectivity index (χ1v) is 6.40. The van der Waals surface area contributed by atoms with Gasteiger partial charge in [0, 0.05) is 17.8 Å². The van der Waals surface area contributed by atoms with Gasteiger partial charge in [0.2, 0.25) is 0 Å². The van der Waals surface area contributed by atoms with Crippen molar-refractivity contribution in [1.82, 2.24) is 4.98 Å². The molecule has 0 spiro atoms. The van der Waals surface area contributed by atoms with Gasteiger partial charge in [0.15, 0.2) is 0 Å². The van der Waals surface area contributed by atoms with E-state index in [1.54, 1.807) is 22.7 Å². The van der Waals surface area contributed by atoms with E-state index >= 15 is 0 Å². The Bertz CT molecular complexity index is 411. The van der Waals surface area contributed by atoms with E-state index in [0.717, 1.165) is 10.7 Å². The van der Waals surface area contributed by atoms with Gasteiger partial charge >= 0.3 is 0 Å². The molecule has 2 rings (SSSR count). The third kappa shape index (κ3) is 2.63. The predicted octanol–water partition coefficient (Wildman–Crippen LogP) is 1.73. The number of thiophene rings is 1. The molecular weight excluding hydrogens is 228 g/mol. The number of hydrogen-bond acceptors (Lipinski definition) is 5. The summed E-state index contributed by atoms with van der Waals surface area (Å²) < 4.78 is 0. The molecule has 1 atom stereocenters. The number of aliphatic hydroxyl groups is 1. The molecule has 3 nitrogen and oxygen atoms in total. The molecule has 5 heteroatoms.